The Balaban J connectivity index is 2.46. The summed E-state index contributed by atoms with van der Waals surface area (Å²) in [5.41, 5.74) is 5.37. The summed E-state index contributed by atoms with van der Waals surface area (Å²) in [5, 5.41) is 14.0. The molecule has 8 nitrogen and oxygen atoms in total. The van der Waals surface area contributed by atoms with Gasteiger partial charge in [-0.05, 0) is 12.1 Å². The van der Waals surface area contributed by atoms with Crippen molar-refractivity contribution in [3.63, 3.8) is 0 Å². The van der Waals surface area contributed by atoms with E-state index in [0.717, 1.165) is 6.07 Å². The number of benzene rings is 2. The lowest BCUT2D eigenvalue weighted by molar-refractivity contribution is -0.385. The van der Waals surface area contributed by atoms with Gasteiger partial charge in [0.25, 0.3) is 11.6 Å². The zero-order valence-corrected chi connectivity index (χ0v) is 14.6. The maximum Gasteiger partial charge on any atom is 0.286 e. The van der Waals surface area contributed by atoms with Crippen LogP contribution in [0, 0.1) is 10.1 Å². The van der Waals surface area contributed by atoms with Crippen LogP contribution < -0.4 is 20.5 Å². The van der Waals surface area contributed by atoms with Gasteiger partial charge in [0.05, 0.1) is 40.9 Å². The van der Waals surface area contributed by atoms with Gasteiger partial charge in [-0.2, -0.15) is 0 Å². The highest BCUT2D eigenvalue weighted by Gasteiger charge is 2.25. The molecule has 0 aliphatic heterocycles. The summed E-state index contributed by atoms with van der Waals surface area (Å²) in [6.07, 6.45) is 0. The molecule has 2 aromatic carbocycles. The van der Waals surface area contributed by atoms with E-state index in [0.29, 0.717) is 0 Å². The minimum Gasteiger partial charge on any atom is -0.493 e. The maximum atomic E-state index is 12.5. The van der Waals surface area contributed by atoms with Gasteiger partial charge < -0.3 is 20.5 Å². The number of hydrogen-bond donors (Lipinski definition) is 2. The van der Waals surface area contributed by atoms with E-state index in [1.54, 1.807) is 0 Å². The molecule has 2 rings (SSSR count). The smallest absolute Gasteiger partial charge is 0.286 e. The topological polar surface area (TPSA) is 117 Å². The first-order valence-corrected chi connectivity index (χ1v) is 7.50. The first-order chi connectivity index (χ1) is 11.8. The van der Waals surface area contributed by atoms with E-state index < -0.39 is 16.5 Å². The van der Waals surface area contributed by atoms with Gasteiger partial charge in [-0.1, -0.05) is 23.2 Å². The van der Waals surface area contributed by atoms with Crippen LogP contribution in [0.5, 0.6) is 11.5 Å². The Morgan fingerprint density at radius 1 is 1.12 bits per heavy atom. The van der Waals surface area contributed by atoms with Crippen molar-refractivity contribution in [2.75, 3.05) is 25.3 Å². The maximum absolute atomic E-state index is 12.5. The molecule has 10 heteroatoms. The number of nitro groups is 1. The van der Waals surface area contributed by atoms with Crippen LogP contribution in [0.15, 0.2) is 24.3 Å². The predicted molar refractivity (Wildman–Crippen MR) is 95.0 cm³/mol. The van der Waals surface area contributed by atoms with Gasteiger partial charge >= 0.3 is 0 Å². The monoisotopic (exact) mass is 385 g/mol. The standard InChI is InChI=1S/C15H13Cl2N3O5/c1-24-12-5-8(11(20(22)23)6-13(12)25-2)15(21)19-7-3-9(16)14(18)10(17)4-7/h3-6H,18H2,1-2H3,(H,19,21). The number of halogens is 2. The van der Waals surface area contributed by atoms with Crippen LogP contribution in [-0.2, 0) is 0 Å². The first-order valence-electron chi connectivity index (χ1n) is 6.74. The molecule has 0 aliphatic carbocycles. The molecule has 0 radical (unpaired) electrons. The third-order valence-electron chi connectivity index (χ3n) is 3.28. The Labute approximate surface area is 152 Å². The summed E-state index contributed by atoms with van der Waals surface area (Å²) in [6.45, 7) is 0. The van der Waals surface area contributed by atoms with Crippen molar-refractivity contribution in [2.45, 2.75) is 0 Å². The number of ether oxygens (including phenoxy) is 2. The number of nitrogen functional groups attached to an aromatic ring is 1. The Hall–Kier alpha value is -2.71. The van der Waals surface area contributed by atoms with Crippen LogP contribution in [0.1, 0.15) is 10.4 Å². The predicted octanol–water partition coefficient (Wildman–Crippen LogP) is 3.75. The fourth-order valence-electron chi connectivity index (χ4n) is 2.06. The lowest BCUT2D eigenvalue weighted by Gasteiger charge is -2.12. The molecule has 0 saturated heterocycles. The van der Waals surface area contributed by atoms with E-state index in [9.17, 15) is 14.9 Å². The van der Waals surface area contributed by atoms with Gasteiger partial charge in [0.15, 0.2) is 11.5 Å². The Kier molecular flexibility index (Phi) is 5.55. The van der Waals surface area contributed by atoms with E-state index in [-0.39, 0.29) is 38.5 Å². The minimum absolute atomic E-state index is 0.129. The number of nitrogens with one attached hydrogen (secondary N) is 1. The number of amides is 1. The fourth-order valence-corrected chi connectivity index (χ4v) is 2.54. The van der Waals surface area contributed by atoms with Crippen molar-refractivity contribution in [2.24, 2.45) is 0 Å². The molecule has 0 bridgehead atoms. The van der Waals surface area contributed by atoms with Crippen LogP contribution in [0.3, 0.4) is 0 Å². The summed E-state index contributed by atoms with van der Waals surface area (Å²) < 4.78 is 10.1. The largest absolute Gasteiger partial charge is 0.493 e. The van der Waals surface area contributed by atoms with Crippen molar-refractivity contribution in [3.05, 3.63) is 50.0 Å². The van der Waals surface area contributed by atoms with Gasteiger partial charge in [0.2, 0.25) is 0 Å². The van der Waals surface area contributed by atoms with Crippen LogP contribution in [0.2, 0.25) is 10.0 Å². The average Bonchev–Trinajstić information content (AvgIpc) is 2.58. The molecule has 132 valence electrons. The number of anilines is 2. The highest BCUT2D eigenvalue weighted by Crippen LogP contribution is 2.35. The molecular formula is C15H13Cl2N3O5. The van der Waals surface area contributed by atoms with E-state index in [4.69, 9.17) is 38.4 Å². The summed E-state index contributed by atoms with van der Waals surface area (Å²) in [5.74, 6) is -0.444. The van der Waals surface area contributed by atoms with Gasteiger partial charge in [-0.15, -0.1) is 0 Å². The SMILES string of the molecule is COc1cc(C(=O)Nc2cc(Cl)c(N)c(Cl)c2)c([N+](=O)[O-])cc1OC. The van der Waals surface area contributed by atoms with Gasteiger partial charge in [0, 0.05) is 11.8 Å². The number of nitrogens with two attached hydrogens (primary N) is 1. The van der Waals surface area contributed by atoms with Gasteiger partial charge in [-0.25, -0.2) is 0 Å². The zero-order valence-electron chi connectivity index (χ0n) is 13.1. The number of nitro benzene ring substituents is 1. The summed E-state index contributed by atoms with van der Waals surface area (Å²) in [7, 11) is 2.69. The van der Waals surface area contributed by atoms with Gasteiger partial charge in [0.1, 0.15) is 5.56 Å². The molecule has 0 heterocycles. The Bertz CT molecular complexity index is 834. The Morgan fingerprint density at radius 2 is 1.64 bits per heavy atom. The van der Waals surface area contributed by atoms with E-state index >= 15 is 0 Å². The normalized spacial score (nSPS) is 10.2. The van der Waals surface area contributed by atoms with E-state index in [1.165, 1.54) is 32.4 Å². The van der Waals surface area contributed by atoms with Crippen LogP contribution in [-0.4, -0.2) is 25.1 Å². The number of carbonyl (C=O) groups excluding carboxylic acids is 1. The number of nitrogens with zero attached hydrogens (tertiary/aromatic N) is 1. The quantitative estimate of drug-likeness (QED) is 0.459. The van der Waals surface area contributed by atoms with E-state index in [1.807, 2.05) is 0 Å². The number of carbonyl (C=O) groups is 1. The third kappa shape index (κ3) is 3.86. The van der Waals surface area contributed by atoms with Crippen LogP contribution in [0.4, 0.5) is 17.1 Å². The fraction of sp³-hybridized carbons (Fsp3) is 0.133. The second-order valence-electron chi connectivity index (χ2n) is 4.79. The average molecular weight is 386 g/mol. The van der Waals surface area contributed by atoms with E-state index in [2.05, 4.69) is 5.32 Å². The van der Waals surface area contributed by atoms with Crippen LogP contribution in [0.25, 0.3) is 0 Å². The molecule has 0 aromatic heterocycles. The molecular weight excluding hydrogens is 373 g/mol. The summed E-state index contributed by atoms with van der Waals surface area (Å²) >= 11 is 11.8. The highest BCUT2D eigenvalue weighted by atomic mass is 35.5. The second kappa shape index (κ2) is 7.45. The zero-order chi connectivity index (χ0) is 18.7. The summed E-state index contributed by atoms with van der Waals surface area (Å²) in [4.78, 5) is 23.1. The molecule has 0 fully saturated rings. The molecule has 0 spiro atoms. The molecule has 0 saturated carbocycles. The van der Waals surface area contributed by atoms with Crippen molar-refractivity contribution >= 4 is 46.2 Å². The van der Waals surface area contributed by atoms with Crippen molar-refractivity contribution in [1.29, 1.82) is 0 Å². The van der Waals surface area contributed by atoms with Crippen LogP contribution >= 0.6 is 23.2 Å². The van der Waals surface area contributed by atoms with Crippen molar-refractivity contribution in [1.82, 2.24) is 0 Å². The lowest BCUT2D eigenvalue weighted by Crippen LogP contribution is -2.14. The minimum atomic E-state index is -0.746. The number of hydrogen-bond acceptors (Lipinski definition) is 6. The number of rotatable bonds is 5. The first kappa shape index (κ1) is 18.6. The molecule has 25 heavy (non-hydrogen) atoms. The molecule has 0 unspecified atom stereocenters. The third-order valence-corrected chi connectivity index (χ3v) is 3.91. The molecule has 2 aromatic rings. The molecule has 0 aliphatic rings. The molecule has 1 amide bonds. The van der Waals surface area contributed by atoms with Gasteiger partial charge in [-0.3, -0.25) is 14.9 Å². The van der Waals surface area contributed by atoms with Crippen molar-refractivity contribution in [3.8, 4) is 11.5 Å². The summed E-state index contributed by atoms with van der Waals surface area (Å²) in [6, 6.07) is 5.09. The van der Waals surface area contributed by atoms with Crippen molar-refractivity contribution < 1.29 is 19.2 Å². The highest BCUT2D eigenvalue weighted by molar-refractivity contribution is 6.39. The Morgan fingerprint density at radius 3 is 2.12 bits per heavy atom. The molecule has 0 atom stereocenters. The lowest BCUT2D eigenvalue weighted by atomic mass is 10.1. The molecule has 3 N–H and O–H groups in total. The second-order valence-corrected chi connectivity index (χ2v) is 5.60. The number of methoxy groups -OCH3 is 2.